The number of aldehydes is 1. The first-order valence-electron chi connectivity index (χ1n) is 5.62. The summed E-state index contributed by atoms with van der Waals surface area (Å²) >= 11 is 0. The van der Waals surface area contributed by atoms with Crippen molar-refractivity contribution in [2.24, 2.45) is 5.92 Å². The third-order valence-electron chi connectivity index (χ3n) is 2.30. The van der Waals surface area contributed by atoms with Crippen LogP contribution in [-0.2, 0) is 9.22 Å². The highest BCUT2D eigenvalue weighted by atomic mass is 28.4. The van der Waals surface area contributed by atoms with Crippen LogP contribution in [0.5, 0.6) is 0 Å². The molecular formula is C13H20O2Si. The Balaban J connectivity index is 2.92. The van der Waals surface area contributed by atoms with Gasteiger partial charge in [0.1, 0.15) is 6.29 Å². The predicted octanol–water partition coefficient (Wildman–Crippen LogP) is 3.41. The topological polar surface area (TPSA) is 26.3 Å². The van der Waals surface area contributed by atoms with E-state index in [9.17, 15) is 4.79 Å². The first-order chi connectivity index (χ1) is 7.44. The molecule has 0 N–H and O–H groups in total. The zero-order valence-corrected chi connectivity index (χ0v) is 11.4. The van der Waals surface area contributed by atoms with Gasteiger partial charge in [-0.2, -0.15) is 0 Å². The number of carbonyl (C=O) groups is 1. The van der Waals surface area contributed by atoms with Crippen LogP contribution in [0.1, 0.15) is 18.6 Å². The van der Waals surface area contributed by atoms with Gasteiger partial charge in [0.15, 0.2) is 8.32 Å². The third kappa shape index (κ3) is 3.91. The lowest BCUT2D eigenvalue weighted by Gasteiger charge is -2.28. The highest BCUT2D eigenvalue weighted by molar-refractivity contribution is 6.69. The first-order valence-corrected chi connectivity index (χ1v) is 9.03. The van der Waals surface area contributed by atoms with Crippen LogP contribution in [0, 0.1) is 5.92 Å². The molecule has 0 aromatic heterocycles. The van der Waals surface area contributed by atoms with E-state index in [4.69, 9.17) is 4.43 Å². The largest absolute Gasteiger partial charge is 0.410 e. The second kappa shape index (κ2) is 5.41. The number of benzene rings is 1. The van der Waals surface area contributed by atoms with Crippen molar-refractivity contribution in [1.82, 2.24) is 0 Å². The van der Waals surface area contributed by atoms with E-state index in [0.29, 0.717) is 0 Å². The van der Waals surface area contributed by atoms with Crippen LogP contribution in [-0.4, -0.2) is 14.6 Å². The Kier molecular flexibility index (Phi) is 4.44. The Morgan fingerprint density at radius 3 is 2.19 bits per heavy atom. The third-order valence-corrected chi connectivity index (χ3v) is 3.26. The van der Waals surface area contributed by atoms with Crippen molar-refractivity contribution in [3.63, 3.8) is 0 Å². The Bertz CT molecular complexity index is 330. The van der Waals surface area contributed by atoms with Crippen molar-refractivity contribution in [2.45, 2.75) is 32.7 Å². The molecule has 2 atom stereocenters. The molecule has 0 radical (unpaired) electrons. The number of hydrogen-bond acceptors (Lipinski definition) is 2. The molecule has 0 fully saturated rings. The maximum atomic E-state index is 10.9. The SMILES string of the molecule is CC(C=O)C(O[Si](C)(C)C)c1ccccc1. The van der Waals surface area contributed by atoms with Gasteiger partial charge < -0.3 is 9.22 Å². The van der Waals surface area contributed by atoms with Crippen LogP contribution in [0.3, 0.4) is 0 Å². The smallest absolute Gasteiger partial charge is 0.184 e. The van der Waals surface area contributed by atoms with Crippen LogP contribution in [0.25, 0.3) is 0 Å². The molecule has 16 heavy (non-hydrogen) atoms. The molecule has 2 unspecified atom stereocenters. The second-order valence-electron chi connectivity index (χ2n) is 5.06. The molecule has 1 rings (SSSR count). The van der Waals surface area contributed by atoms with E-state index in [-0.39, 0.29) is 12.0 Å². The Morgan fingerprint density at radius 1 is 1.19 bits per heavy atom. The molecule has 1 aromatic rings. The minimum Gasteiger partial charge on any atom is -0.410 e. The summed E-state index contributed by atoms with van der Waals surface area (Å²) in [7, 11) is -1.64. The van der Waals surface area contributed by atoms with E-state index >= 15 is 0 Å². The van der Waals surface area contributed by atoms with E-state index in [1.54, 1.807) is 0 Å². The van der Waals surface area contributed by atoms with Crippen LogP contribution in [0.4, 0.5) is 0 Å². The van der Waals surface area contributed by atoms with E-state index < -0.39 is 8.32 Å². The molecule has 88 valence electrons. The number of rotatable bonds is 5. The molecule has 0 bridgehead atoms. The molecule has 1 aromatic carbocycles. The lowest BCUT2D eigenvalue weighted by Crippen LogP contribution is -2.31. The monoisotopic (exact) mass is 236 g/mol. The normalized spacial score (nSPS) is 15.5. The van der Waals surface area contributed by atoms with Crippen molar-refractivity contribution >= 4 is 14.6 Å². The Morgan fingerprint density at radius 2 is 1.75 bits per heavy atom. The molecule has 0 aliphatic heterocycles. The van der Waals surface area contributed by atoms with Crippen LogP contribution < -0.4 is 0 Å². The van der Waals surface area contributed by atoms with Crippen LogP contribution in [0.15, 0.2) is 30.3 Å². The maximum Gasteiger partial charge on any atom is 0.184 e. The summed E-state index contributed by atoms with van der Waals surface area (Å²) in [6.07, 6.45) is 0.864. The summed E-state index contributed by atoms with van der Waals surface area (Å²) in [4.78, 5) is 10.9. The first kappa shape index (κ1) is 13.1. The van der Waals surface area contributed by atoms with Crippen LogP contribution in [0.2, 0.25) is 19.6 Å². The van der Waals surface area contributed by atoms with Crippen LogP contribution >= 0.6 is 0 Å². The molecule has 0 saturated carbocycles. The fourth-order valence-electron chi connectivity index (χ4n) is 1.57. The van der Waals surface area contributed by atoms with E-state index in [1.807, 2.05) is 37.3 Å². The summed E-state index contributed by atoms with van der Waals surface area (Å²) in [6.45, 7) is 8.33. The van der Waals surface area contributed by atoms with Gasteiger partial charge in [-0.25, -0.2) is 0 Å². The van der Waals surface area contributed by atoms with Gasteiger partial charge in [0.25, 0.3) is 0 Å². The second-order valence-corrected chi connectivity index (χ2v) is 9.52. The summed E-state index contributed by atoms with van der Waals surface area (Å²) < 4.78 is 6.08. The van der Waals surface area contributed by atoms with E-state index in [2.05, 4.69) is 19.6 Å². The average Bonchev–Trinajstić information content (AvgIpc) is 2.25. The Labute approximate surface area is 98.8 Å². The minimum absolute atomic E-state index is 0.103. The van der Waals surface area contributed by atoms with Gasteiger partial charge in [-0.1, -0.05) is 37.3 Å². The standard InChI is InChI=1S/C13H20O2Si/c1-11(10-14)13(15-16(2,3)4)12-8-6-5-7-9-12/h5-11,13H,1-4H3. The van der Waals surface area contributed by atoms with Crippen molar-refractivity contribution < 1.29 is 9.22 Å². The summed E-state index contributed by atoms with van der Waals surface area (Å²) in [6, 6.07) is 9.97. The predicted molar refractivity (Wildman–Crippen MR) is 68.8 cm³/mol. The lowest BCUT2D eigenvalue weighted by atomic mass is 9.99. The van der Waals surface area contributed by atoms with Gasteiger partial charge >= 0.3 is 0 Å². The highest BCUT2D eigenvalue weighted by Crippen LogP contribution is 2.28. The van der Waals surface area contributed by atoms with Gasteiger partial charge in [-0.15, -0.1) is 0 Å². The summed E-state index contributed by atoms with van der Waals surface area (Å²) in [5.74, 6) is -0.103. The minimum atomic E-state index is -1.64. The lowest BCUT2D eigenvalue weighted by molar-refractivity contribution is -0.113. The summed E-state index contributed by atoms with van der Waals surface area (Å²) in [5, 5.41) is 0. The molecule has 2 nitrogen and oxygen atoms in total. The van der Waals surface area contributed by atoms with E-state index in [1.165, 1.54) is 0 Å². The fourth-order valence-corrected chi connectivity index (χ4v) is 2.69. The highest BCUT2D eigenvalue weighted by Gasteiger charge is 2.26. The van der Waals surface area contributed by atoms with Crippen molar-refractivity contribution in [2.75, 3.05) is 0 Å². The molecule has 0 aliphatic rings. The van der Waals surface area contributed by atoms with Crippen molar-refractivity contribution in [3.05, 3.63) is 35.9 Å². The average molecular weight is 236 g/mol. The molecule has 0 amide bonds. The van der Waals surface area contributed by atoms with Crippen molar-refractivity contribution in [3.8, 4) is 0 Å². The fraction of sp³-hybridized carbons (Fsp3) is 0.462. The van der Waals surface area contributed by atoms with Crippen molar-refractivity contribution in [1.29, 1.82) is 0 Å². The molecular weight excluding hydrogens is 216 g/mol. The van der Waals surface area contributed by atoms with E-state index in [0.717, 1.165) is 11.8 Å². The number of carbonyl (C=O) groups excluding carboxylic acids is 1. The molecule has 0 aliphatic carbocycles. The van der Waals surface area contributed by atoms with Gasteiger partial charge in [0, 0.05) is 5.92 Å². The Hall–Kier alpha value is -0.933. The molecule has 3 heteroatoms. The quantitative estimate of drug-likeness (QED) is 0.578. The zero-order valence-electron chi connectivity index (χ0n) is 10.4. The van der Waals surface area contributed by atoms with Gasteiger partial charge in [-0.05, 0) is 25.2 Å². The maximum absolute atomic E-state index is 10.9. The van der Waals surface area contributed by atoms with Gasteiger partial charge in [0.05, 0.1) is 6.10 Å². The number of hydrogen-bond donors (Lipinski definition) is 0. The molecule has 0 spiro atoms. The van der Waals surface area contributed by atoms with Gasteiger partial charge in [-0.3, -0.25) is 0 Å². The molecule has 0 heterocycles. The summed E-state index contributed by atoms with van der Waals surface area (Å²) in [5.41, 5.74) is 1.09. The zero-order chi connectivity index (χ0) is 12.2. The van der Waals surface area contributed by atoms with Gasteiger partial charge in [0.2, 0.25) is 0 Å². The molecule has 0 saturated heterocycles.